The van der Waals surface area contributed by atoms with Gasteiger partial charge in [0.25, 0.3) is 23.6 Å². The highest BCUT2D eigenvalue weighted by atomic mass is 16.5. The minimum Gasteiger partial charge on any atom is -0.504 e. The summed E-state index contributed by atoms with van der Waals surface area (Å²) in [5.41, 5.74) is 2.20. The van der Waals surface area contributed by atoms with E-state index in [9.17, 15) is 48.9 Å². The number of anilines is 4. The number of fused-ring (bicyclic) bond motifs is 1. The number of amides is 5. The molecule has 5 amide bonds. The Labute approximate surface area is 368 Å². The molecular formula is C45H39N7O13. The van der Waals surface area contributed by atoms with Crippen molar-refractivity contribution in [3.8, 4) is 29.1 Å². The fourth-order valence-electron chi connectivity index (χ4n) is 5.97. The normalized spacial score (nSPS) is 10.6. The van der Waals surface area contributed by atoms with Gasteiger partial charge in [0.05, 0.1) is 49.3 Å². The summed E-state index contributed by atoms with van der Waals surface area (Å²) in [6, 6.07) is 23.3. The predicted molar refractivity (Wildman–Crippen MR) is 236 cm³/mol. The topological polar surface area (TPSA) is 312 Å². The molecule has 0 aliphatic heterocycles. The lowest BCUT2D eigenvalue weighted by atomic mass is 10.1. The number of carboxylic acids is 1. The molecule has 0 saturated heterocycles. The number of phenols is 2. The number of aromatic carboxylic acids is 1. The molecule has 20 nitrogen and oxygen atoms in total. The van der Waals surface area contributed by atoms with E-state index in [2.05, 4.69) is 31.6 Å². The first-order valence-corrected chi connectivity index (χ1v) is 18.9. The summed E-state index contributed by atoms with van der Waals surface area (Å²) in [4.78, 5) is 89.6. The zero-order chi connectivity index (χ0) is 47.4. The number of ether oxygens (including phenoxy) is 2. The number of phenolic OH excluding ortho intramolecular Hbond substituents is 1. The third kappa shape index (κ3) is 11.5. The van der Waals surface area contributed by atoms with Crippen LogP contribution in [-0.4, -0.2) is 76.6 Å². The van der Waals surface area contributed by atoms with Gasteiger partial charge in [0, 0.05) is 35.0 Å². The zero-order valence-corrected chi connectivity index (χ0v) is 34.8. The monoisotopic (exact) mass is 885 g/mol. The Kier molecular flexibility index (Phi) is 15.0. The van der Waals surface area contributed by atoms with E-state index in [0.717, 1.165) is 13.2 Å². The Hall–Kier alpha value is -9.38. The van der Waals surface area contributed by atoms with Crippen LogP contribution in [0.3, 0.4) is 0 Å². The molecule has 0 atom stereocenters. The van der Waals surface area contributed by atoms with E-state index >= 15 is 0 Å². The van der Waals surface area contributed by atoms with Crippen LogP contribution in [0.5, 0.6) is 23.0 Å². The van der Waals surface area contributed by atoms with E-state index in [0.29, 0.717) is 33.6 Å². The van der Waals surface area contributed by atoms with Crippen molar-refractivity contribution in [3.05, 3.63) is 135 Å². The number of nitrogens with one attached hydrogen (secondary N) is 6. The molecule has 0 fully saturated rings. The van der Waals surface area contributed by atoms with E-state index in [1.807, 2.05) is 0 Å². The summed E-state index contributed by atoms with van der Waals surface area (Å²) in [5, 5.41) is 50.6. The molecule has 0 bridgehead atoms. The number of rotatable bonds is 14. The summed E-state index contributed by atoms with van der Waals surface area (Å²) in [7, 11) is 2.37. The van der Waals surface area contributed by atoms with Crippen LogP contribution in [0.2, 0.25) is 0 Å². The second-order valence-corrected chi connectivity index (χ2v) is 13.5. The van der Waals surface area contributed by atoms with Gasteiger partial charge in [-0.1, -0.05) is 6.07 Å². The average molecular weight is 886 g/mol. The SMILES string of the molecule is CC#N.COc1c(NC(=O)c2ccc(NC(=O)c3ccc(NC(=O)CNC(=O)c4ccc(NC(=O)/C(C)=C/c5ccc6[nH]c(=O)oc6c5)cc4)cc3)c(OC)c2O)ccc(C(=O)O)c1O. The molecule has 1 aromatic heterocycles. The Morgan fingerprint density at radius 2 is 1.25 bits per heavy atom. The number of H-pyrrole nitrogens is 1. The highest BCUT2D eigenvalue weighted by molar-refractivity contribution is 6.11. The molecule has 20 heteroatoms. The van der Waals surface area contributed by atoms with Gasteiger partial charge in [-0.25, -0.2) is 9.59 Å². The Morgan fingerprint density at radius 3 is 1.82 bits per heavy atom. The standard InChI is InChI=1S/C43H36N6O13.C2H3N/c1-21(18-22-4-15-29-32(19-22)62-43(59)49-29)38(53)46-26-11-5-23(6-12-26)39(54)44-20-33(50)45-25-9-7-24(8-10-25)40(55)47-30-16-13-27(34(51)36(30)60-2)41(56)48-31-17-14-28(42(57)58)35(52)37(31)61-3;1-2-3/h4-19,51-52H,20H2,1-3H3,(H,44,54)(H,45,50)(H,46,53)(H,47,55)(H,48,56)(H,49,59)(H,57,58);1H3/b21-18+;. The van der Waals surface area contributed by atoms with E-state index < -0.39 is 58.3 Å². The number of nitriles is 1. The minimum absolute atomic E-state index is 0.00379. The molecule has 1 heterocycles. The van der Waals surface area contributed by atoms with E-state index in [4.69, 9.17) is 19.2 Å². The molecule has 6 rings (SSSR count). The van der Waals surface area contributed by atoms with Crippen molar-refractivity contribution < 1.29 is 58.0 Å². The van der Waals surface area contributed by atoms with Gasteiger partial charge < -0.3 is 55.8 Å². The van der Waals surface area contributed by atoms with Crippen molar-refractivity contribution in [1.29, 1.82) is 5.26 Å². The highest BCUT2D eigenvalue weighted by Crippen LogP contribution is 2.40. The number of oxazole rings is 1. The molecule has 0 spiro atoms. The predicted octanol–water partition coefficient (Wildman–Crippen LogP) is 5.69. The number of nitrogens with zero attached hydrogens (tertiary/aromatic N) is 1. The van der Waals surface area contributed by atoms with Gasteiger partial charge in [0.2, 0.25) is 5.91 Å². The largest absolute Gasteiger partial charge is 0.504 e. The van der Waals surface area contributed by atoms with Crippen LogP contribution in [0.15, 0.2) is 106 Å². The number of aromatic amines is 1. The maximum Gasteiger partial charge on any atom is 0.417 e. The third-order valence-corrected chi connectivity index (χ3v) is 9.07. The van der Waals surface area contributed by atoms with Crippen LogP contribution in [0.25, 0.3) is 17.2 Å². The average Bonchev–Trinajstić information content (AvgIpc) is 3.65. The second kappa shape index (κ2) is 20.9. The summed E-state index contributed by atoms with van der Waals surface area (Å²) in [5.74, 6) is -6.94. The fourth-order valence-corrected chi connectivity index (χ4v) is 5.97. The minimum atomic E-state index is -1.42. The number of hydrogen-bond donors (Lipinski definition) is 9. The van der Waals surface area contributed by atoms with Crippen LogP contribution in [-0.2, 0) is 9.59 Å². The van der Waals surface area contributed by atoms with Crippen molar-refractivity contribution in [2.45, 2.75) is 13.8 Å². The van der Waals surface area contributed by atoms with Crippen LogP contribution in [0.1, 0.15) is 60.8 Å². The van der Waals surface area contributed by atoms with Crippen LogP contribution >= 0.6 is 0 Å². The molecular weight excluding hydrogens is 847 g/mol. The maximum absolute atomic E-state index is 13.1. The van der Waals surface area contributed by atoms with E-state index in [1.54, 1.807) is 37.3 Å². The molecule has 5 aromatic carbocycles. The number of aromatic nitrogens is 1. The molecule has 65 heavy (non-hydrogen) atoms. The molecule has 0 aliphatic rings. The highest BCUT2D eigenvalue weighted by Gasteiger charge is 2.24. The van der Waals surface area contributed by atoms with Crippen molar-refractivity contribution in [1.82, 2.24) is 10.3 Å². The lowest BCUT2D eigenvalue weighted by Crippen LogP contribution is -2.32. The van der Waals surface area contributed by atoms with Crippen LogP contribution < -0.4 is 41.8 Å². The van der Waals surface area contributed by atoms with Crippen molar-refractivity contribution >= 4 is 75.4 Å². The second-order valence-electron chi connectivity index (χ2n) is 13.5. The molecule has 6 aromatic rings. The number of aromatic hydroxyl groups is 2. The molecule has 9 N–H and O–H groups in total. The summed E-state index contributed by atoms with van der Waals surface area (Å²) < 4.78 is 15.4. The number of carbonyl (C=O) groups is 6. The molecule has 0 unspecified atom stereocenters. The van der Waals surface area contributed by atoms with Gasteiger partial charge in [-0.05, 0) is 103 Å². The van der Waals surface area contributed by atoms with Gasteiger partial charge in [0.15, 0.2) is 28.6 Å². The molecule has 0 radical (unpaired) electrons. The van der Waals surface area contributed by atoms with Gasteiger partial charge >= 0.3 is 11.7 Å². The van der Waals surface area contributed by atoms with Gasteiger partial charge in [-0.2, -0.15) is 5.26 Å². The Bertz CT molecular complexity index is 2950. The smallest absolute Gasteiger partial charge is 0.417 e. The third-order valence-electron chi connectivity index (χ3n) is 9.07. The Morgan fingerprint density at radius 1 is 0.723 bits per heavy atom. The van der Waals surface area contributed by atoms with E-state index in [-0.39, 0.29) is 46.1 Å². The van der Waals surface area contributed by atoms with Crippen molar-refractivity contribution in [2.24, 2.45) is 0 Å². The van der Waals surface area contributed by atoms with Crippen molar-refractivity contribution in [2.75, 3.05) is 42.0 Å². The fraction of sp³-hybridized carbons (Fsp3) is 0.111. The first-order chi connectivity index (χ1) is 31.1. The van der Waals surface area contributed by atoms with Gasteiger partial charge in [0.1, 0.15) is 5.56 Å². The lowest BCUT2D eigenvalue weighted by Gasteiger charge is -2.16. The molecule has 332 valence electrons. The lowest BCUT2D eigenvalue weighted by molar-refractivity contribution is -0.115. The zero-order valence-electron chi connectivity index (χ0n) is 34.8. The summed E-state index contributed by atoms with van der Waals surface area (Å²) in [6.07, 6.45) is 1.63. The van der Waals surface area contributed by atoms with Gasteiger partial charge in [-0.15, -0.1) is 0 Å². The molecule has 0 saturated carbocycles. The van der Waals surface area contributed by atoms with Gasteiger partial charge in [-0.3, -0.25) is 29.0 Å². The number of carbonyl (C=O) groups excluding carboxylic acids is 5. The first kappa shape index (κ1) is 46.7. The quantitative estimate of drug-likeness (QED) is 0.0594. The maximum atomic E-state index is 13.1. The number of carboxylic acid groups (broad SMARTS) is 1. The van der Waals surface area contributed by atoms with E-state index in [1.165, 1.54) is 80.8 Å². The summed E-state index contributed by atoms with van der Waals surface area (Å²) >= 11 is 0. The number of benzene rings is 5. The van der Waals surface area contributed by atoms with Crippen LogP contribution in [0.4, 0.5) is 22.7 Å². The Balaban J connectivity index is 0.00000257. The first-order valence-electron chi connectivity index (χ1n) is 18.9. The molecule has 0 aliphatic carbocycles. The number of hydrogen-bond acceptors (Lipinski definition) is 13. The van der Waals surface area contributed by atoms with Crippen LogP contribution in [0, 0.1) is 11.3 Å². The number of methoxy groups -OCH3 is 2. The summed E-state index contributed by atoms with van der Waals surface area (Å²) in [6.45, 7) is 2.67. The van der Waals surface area contributed by atoms with Crippen molar-refractivity contribution in [3.63, 3.8) is 0 Å².